The molecule has 0 radical (unpaired) electrons. The van der Waals surface area contributed by atoms with Crippen molar-refractivity contribution in [3.8, 4) is 0 Å². The maximum Gasteiger partial charge on any atom is 0.136 e. The third-order valence-electron chi connectivity index (χ3n) is 8.58. The summed E-state index contributed by atoms with van der Waals surface area (Å²) in [6.07, 6.45) is 0. The van der Waals surface area contributed by atoms with Crippen molar-refractivity contribution in [1.82, 2.24) is 0 Å². The summed E-state index contributed by atoms with van der Waals surface area (Å²) >= 11 is 0. The van der Waals surface area contributed by atoms with E-state index in [2.05, 4.69) is 144 Å². The Morgan fingerprint density at radius 1 is 0.333 bits per heavy atom. The smallest absolute Gasteiger partial charge is 0.136 e. The van der Waals surface area contributed by atoms with Crippen LogP contribution in [0.3, 0.4) is 0 Å². The van der Waals surface area contributed by atoms with Gasteiger partial charge < -0.3 is 9.32 Å². The van der Waals surface area contributed by atoms with E-state index < -0.39 is 0 Å². The molecule has 0 aliphatic carbocycles. The number of nitrogens with zero attached hydrogens (tertiary/aromatic N) is 1. The number of hydrogen-bond donors (Lipinski definition) is 0. The van der Waals surface area contributed by atoms with Crippen molar-refractivity contribution in [3.05, 3.63) is 152 Å². The Morgan fingerprint density at radius 2 is 0.976 bits per heavy atom. The maximum atomic E-state index is 6.18. The summed E-state index contributed by atoms with van der Waals surface area (Å²) in [7, 11) is 0. The first kappa shape index (κ1) is 23.1. The van der Waals surface area contributed by atoms with E-state index in [-0.39, 0.29) is 0 Å². The van der Waals surface area contributed by atoms with E-state index in [1.54, 1.807) is 0 Å². The molecule has 0 atom stereocenters. The quantitative estimate of drug-likeness (QED) is 0.209. The van der Waals surface area contributed by atoms with Crippen LogP contribution in [0.1, 0.15) is 0 Å². The number of benzene rings is 8. The number of rotatable bonds is 3. The molecule has 8 aromatic carbocycles. The van der Waals surface area contributed by atoms with Gasteiger partial charge in [-0.25, -0.2) is 0 Å². The van der Waals surface area contributed by atoms with Gasteiger partial charge >= 0.3 is 0 Å². The Balaban J connectivity index is 1.30. The summed E-state index contributed by atoms with van der Waals surface area (Å²) in [5.41, 5.74) is 5.28. The molecule has 0 amide bonds. The summed E-state index contributed by atoms with van der Waals surface area (Å²) in [4.78, 5) is 2.39. The second-order valence-corrected chi connectivity index (χ2v) is 11.0. The second-order valence-electron chi connectivity index (χ2n) is 11.0. The Morgan fingerprint density at radius 3 is 1.83 bits per heavy atom. The number of furan rings is 1. The molecule has 2 nitrogen and oxygen atoms in total. The van der Waals surface area contributed by atoms with Crippen molar-refractivity contribution in [2.75, 3.05) is 4.90 Å². The van der Waals surface area contributed by atoms with Gasteiger partial charge in [0, 0.05) is 27.5 Å². The lowest BCUT2D eigenvalue weighted by Gasteiger charge is -2.28. The zero-order valence-electron chi connectivity index (χ0n) is 22.8. The Labute approximate surface area is 242 Å². The summed E-state index contributed by atoms with van der Waals surface area (Å²) in [5, 5.41) is 12.2. The van der Waals surface area contributed by atoms with Crippen LogP contribution in [0, 0.1) is 0 Å². The fourth-order valence-electron chi connectivity index (χ4n) is 6.63. The van der Waals surface area contributed by atoms with Gasteiger partial charge in [-0.3, -0.25) is 0 Å². The van der Waals surface area contributed by atoms with Crippen molar-refractivity contribution in [3.63, 3.8) is 0 Å². The van der Waals surface area contributed by atoms with E-state index in [0.717, 1.165) is 33.3 Å². The number of hydrogen-bond acceptors (Lipinski definition) is 2. The van der Waals surface area contributed by atoms with E-state index in [4.69, 9.17) is 4.42 Å². The molecule has 9 rings (SSSR count). The number of para-hydroxylation sites is 2. The van der Waals surface area contributed by atoms with Gasteiger partial charge in [-0.15, -0.1) is 0 Å². The molecule has 1 aromatic heterocycles. The van der Waals surface area contributed by atoms with Crippen LogP contribution in [-0.4, -0.2) is 0 Å². The number of fused-ring (bicyclic) bond motifs is 9. The molecular formula is C40H25NO. The molecule has 0 unspecified atom stereocenters. The van der Waals surface area contributed by atoms with Gasteiger partial charge in [0.2, 0.25) is 0 Å². The third-order valence-corrected chi connectivity index (χ3v) is 8.58. The maximum absolute atomic E-state index is 6.18. The lowest BCUT2D eigenvalue weighted by atomic mass is 9.97. The van der Waals surface area contributed by atoms with Crippen molar-refractivity contribution in [2.45, 2.75) is 0 Å². The van der Waals surface area contributed by atoms with Crippen LogP contribution in [0.25, 0.3) is 65.0 Å². The summed E-state index contributed by atoms with van der Waals surface area (Å²) < 4.78 is 6.18. The Hall–Kier alpha value is -5.60. The van der Waals surface area contributed by atoms with Gasteiger partial charge in [-0.1, -0.05) is 103 Å². The van der Waals surface area contributed by atoms with Crippen LogP contribution >= 0.6 is 0 Å². The van der Waals surface area contributed by atoms with Crippen molar-refractivity contribution in [1.29, 1.82) is 0 Å². The second kappa shape index (κ2) is 8.95. The standard InChI is InChI=1S/C40H25NO/c1-2-11-29(12-3-1)41(38-23-26-10-4-5-13-31(26)33-14-6-7-15-34(33)38)30-20-21-32-27(22-30)18-19-28-24-40-37(25-36(28)32)35-16-8-9-17-39(35)42-40/h1-25H. The molecule has 0 aliphatic rings. The average molecular weight is 536 g/mol. The van der Waals surface area contributed by atoms with Gasteiger partial charge in [-0.05, 0) is 86.2 Å². The van der Waals surface area contributed by atoms with Crippen molar-refractivity contribution < 1.29 is 4.42 Å². The number of anilines is 3. The van der Waals surface area contributed by atoms with Gasteiger partial charge in [0.1, 0.15) is 11.2 Å². The monoisotopic (exact) mass is 535 g/mol. The minimum Gasteiger partial charge on any atom is -0.456 e. The molecule has 0 aliphatic heterocycles. The first-order valence-corrected chi connectivity index (χ1v) is 14.4. The lowest BCUT2D eigenvalue weighted by Crippen LogP contribution is -2.10. The molecule has 0 spiro atoms. The summed E-state index contributed by atoms with van der Waals surface area (Å²) in [6.45, 7) is 0. The molecule has 9 aromatic rings. The fraction of sp³-hybridized carbons (Fsp3) is 0. The third kappa shape index (κ3) is 3.45. The molecule has 196 valence electrons. The van der Waals surface area contributed by atoms with Crippen LogP contribution in [-0.2, 0) is 0 Å². The van der Waals surface area contributed by atoms with Gasteiger partial charge in [-0.2, -0.15) is 0 Å². The predicted molar refractivity (Wildman–Crippen MR) is 178 cm³/mol. The molecule has 0 bridgehead atoms. The molecule has 0 N–H and O–H groups in total. The van der Waals surface area contributed by atoms with E-state index in [1.807, 2.05) is 12.1 Å². The summed E-state index contributed by atoms with van der Waals surface area (Å²) in [6, 6.07) is 54.5. The van der Waals surface area contributed by atoms with Crippen molar-refractivity contribution >= 4 is 82.1 Å². The van der Waals surface area contributed by atoms with Crippen LogP contribution in [0.4, 0.5) is 17.1 Å². The Kier molecular flexibility index (Phi) is 4.93. The SMILES string of the molecule is c1ccc(N(c2ccc3c(ccc4cc5oc6ccccc6c5cc43)c2)c2cc3ccccc3c3ccccc23)cc1. The highest BCUT2D eigenvalue weighted by atomic mass is 16.3. The van der Waals surface area contributed by atoms with Crippen molar-refractivity contribution in [2.24, 2.45) is 0 Å². The molecule has 42 heavy (non-hydrogen) atoms. The molecule has 0 saturated heterocycles. The highest BCUT2D eigenvalue weighted by molar-refractivity contribution is 6.18. The van der Waals surface area contributed by atoms with Crippen LogP contribution < -0.4 is 4.90 Å². The zero-order valence-corrected chi connectivity index (χ0v) is 22.8. The fourth-order valence-corrected chi connectivity index (χ4v) is 6.63. The molecule has 0 saturated carbocycles. The molecular weight excluding hydrogens is 510 g/mol. The average Bonchev–Trinajstić information content (AvgIpc) is 3.42. The Bertz CT molecular complexity index is 2470. The van der Waals surface area contributed by atoms with Gasteiger partial charge in [0.25, 0.3) is 0 Å². The van der Waals surface area contributed by atoms with E-state index >= 15 is 0 Å². The molecule has 1 heterocycles. The highest BCUT2D eigenvalue weighted by Crippen LogP contribution is 2.43. The first-order valence-electron chi connectivity index (χ1n) is 14.4. The van der Waals surface area contributed by atoms with E-state index in [0.29, 0.717) is 0 Å². The normalized spacial score (nSPS) is 11.8. The summed E-state index contributed by atoms with van der Waals surface area (Å²) in [5.74, 6) is 0. The largest absolute Gasteiger partial charge is 0.456 e. The molecule has 0 fully saturated rings. The lowest BCUT2D eigenvalue weighted by molar-refractivity contribution is 0.669. The van der Waals surface area contributed by atoms with E-state index in [9.17, 15) is 0 Å². The van der Waals surface area contributed by atoms with Crippen LogP contribution in [0.15, 0.2) is 156 Å². The van der Waals surface area contributed by atoms with E-state index in [1.165, 1.54) is 48.8 Å². The van der Waals surface area contributed by atoms with Gasteiger partial charge in [0.15, 0.2) is 0 Å². The minimum absolute atomic E-state index is 0.926. The highest BCUT2D eigenvalue weighted by Gasteiger charge is 2.18. The first-order chi connectivity index (χ1) is 20.8. The van der Waals surface area contributed by atoms with Crippen LogP contribution in [0.2, 0.25) is 0 Å². The molecule has 2 heteroatoms. The van der Waals surface area contributed by atoms with Crippen LogP contribution in [0.5, 0.6) is 0 Å². The van der Waals surface area contributed by atoms with Gasteiger partial charge in [0.05, 0.1) is 5.69 Å². The zero-order chi connectivity index (χ0) is 27.6. The predicted octanol–water partition coefficient (Wildman–Crippen LogP) is 11.7. The topological polar surface area (TPSA) is 16.4 Å². The minimum atomic E-state index is 0.926.